The lowest BCUT2D eigenvalue weighted by molar-refractivity contribution is 0.0947. The molecule has 0 N–H and O–H groups in total. The molecule has 0 spiro atoms. The Balaban J connectivity index is 2.00. The van der Waals surface area contributed by atoms with E-state index >= 15 is 0 Å². The van der Waals surface area contributed by atoms with Crippen LogP contribution in [-0.2, 0) is 6.42 Å². The molecule has 20 heavy (non-hydrogen) atoms. The van der Waals surface area contributed by atoms with Crippen LogP contribution >= 0.6 is 0 Å². The van der Waals surface area contributed by atoms with Crippen LogP contribution in [0.2, 0.25) is 0 Å². The molecular formula is C18H17FO. The van der Waals surface area contributed by atoms with Gasteiger partial charge < -0.3 is 0 Å². The van der Waals surface area contributed by atoms with Crippen LogP contribution in [0.5, 0.6) is 0 Å². The molecule has 2 heteroatoms. The molecule has 0 bridgehead atoms. The number of hydrogen-bond acceptors (Lipinski definition) is 1. The van der Waals surface area contributed by atoms with Crippen molar-refractivity contribution in [2.75, 3.05) is 0 Å². The number of carbonyl (C=O) groups excluding carboxylic acids is 1. The quantitative estimate of drug-likeness (QED) is 0.736. The van der Waals surface area contributed by atoms with E-state index in [4.69, 9.17) is 0 Å². The molecule has 102 valence electrons. The van der Waals surface area contributed by atoms with Gasteiger partial charge in [-0.2, -0.15) is 0 Å². The van der Waals surface area contributed by atoms with Crippen LogP contribution in [0.3, 0.4) is 0 Å². The van der Waals surface area contributed by atoms with E-state index in [1.807, 2.05) is 25.1 Å². The zero-order valence-electron chi connectivity index (χ0n) is 11.5. The van der Waals surface area contributed by atoms with Gasteiger partial charge in [-0.1, -0.05) is 30.3 Å². The van der Waals surface area contributed by atoms with E-state index in [-0.39, 0.29) is 17.3 Å². The monoisotopic (exact) mass is 268 g/mol. The SMILES string of the molecule is Cc1ccc(C(=O)C2CCCc3ccccc32)c(F)c1. The fourth-order valence-electron chi connectivity index (χ4n) is 3.03. The van der Waals surface area contributed by atoms with Crippen LogP contribution < -0.4 is 0 Å². The Bertz CT molecular complexity index is 660. The van der Waals surface area contributed by atoms with E-state index < -0.39 is 5.82 Å². The maximum absolute atomic E-state index is 14.0. The Hall–Kier alpha value is -1.96. The first-order valence-corrected chi connectivity index (χ1v) is 7.05. The van der Waals surface area contributed by atoms with Crippen molar-refractivity contribution in [2.45, 2.75) is 32.1 Å². The third-order valence-electron chi connectivity index (χ3n) is 4.08. The second-order valence-electron chi connectivity index (χ2n) is 5.49. The van der Waals surface area contributed by atoms with Crippen molar-refractivity contribution in [2.24, 2.45) is 0 Å². The number of halogens is 1. The third-order valence-corrected chi connectivity index (χ3v) is 4.08. The summed E-state index contributed by atoms with van der Waals surface area (Å²) in [6.07, 6.45) is 2.81. The highest BCUT2D eigenvalue weighted by atomic mass is 19.1. The first kappa shape index (κ1) is 13.0. The number of rotatable bonds is 2. The molecule has 0 amide bonds. The third kappa shape index (κ3) is 2.26. The summed E-state index contributed by atoms with van der Waals surface area (Å²) in [6, 6.07) is 12.9. The summed E-state index contributed by atoms with van der Waals surface area (Å²) >= 11 is 0. The maximum Gasteiger partial charge on any atom is 0.173 e. The molecule has 1 aliphatic rings. The van der Waals surface area contributed by atoms with E-state index in [1.54, 1.807) is 12.1 Å². The van der Waals surface area contributed by atoms with E-state index in [9.17, 15) is 9.18 Å². The summed E-state index contributed by atoms with van der Waals surface area (Å²) in [7, 11) is 0. The van der Waals surface area contributed by atoms with Gasteiger partial charge in [-0.25, -0.2) is 4.39 Å². The second kappa shape index (κ2) is 5.20. The van der Waals surface area contributed by atoms with Crippen molar-refractivity contribution in [3.63, 3.8) is 0 Å². The van der Waals surface area contributed by atoms with E-state index in [0.717, 1.165) is 30.4 Å². The summed E-state index contributed by atoms with van der Waals surface area (Å²) in [6.45, 7) is 1.83. The molecule has 2 aromatic rings. The van der Waals surface area contributed by atoms with Crippen molar-refractivity contribution >= 4 is 5.78 Å². The number of ketones is 1. The smallest absolute Gasteiger partial charge is 0.173 e. The van der Waals surface area contributed by atoms with E-state index in [2.05, 4.69) is 6.07 Å². The van der Waals surface area contributed by atoms with Crippen LogP contribution in [0.25, 0.3) is 0 Å². The van der Waals surface area contributed by atoms with Gasteiger partial charge in [-0.15, -0.1) is 0 Å². The molecule has 0 saturated heterocycles. The number of benzene rings is 2. The fraction of sp³-hybridized carbons (Fsp3) is 0.278. The van der Waals surface area contributed by atoms with E-state index in [0.29, 0.717) is 0 Å². The molecule has 1 unspecified atom stereocenters. The van der Waals surface area contributed by atoms with Crippen LogP contribution in [0.1, 0.15) is 45.8 Å². The zero-order valence-corrected chi connectivity index (χ0v) is 11.5. The summed E-state index contributed by atoms with van der Waals surface area (Å²) in [5.74, 6) is -0.690. The molecule has 0 aliphatic heterocycles. The van der Waals surface area contributed by atoms with Crippen molar-refractivity contribution in [3.8, 4) is 0 Å². The number of hydrogen-bond donors (Lipinski definition) is 0. The summed E-state index contributed by atoms with van der Waals surface area (Å²) in [5.41, 5.74) is 3.36. The standard InChI is InChI=1S/C18H17FO/c1-12-9-10-16(17(19)11-12)18(20)15-8-4-6-13-5-2-3-7-14(13)15/h2-3,5,7,9-11,15H,4,6,8H2,1H3. The predicted molar refractivity (Wildman–Crippen MR) is 77.6 cm³/mol. The van der Waals surface area contributed by atoms with Gasteiger partial charge in [0, 0.05) is 5.92 Å². The molecule has 0 radical (unpaired) electrons. The highest BCUT2D eigenvalue weighted by Gasteiger charge is 2.28. The topological polar surface area (TPSA) is 17.1 Å². The molecule has 2 aromatic carbocycles. The lowest BCUT2D eigenvalue weighted by Gasteiger charge is -2.24. The summed E-state index contributed by atoms with van der Waals surface area (Å²) in [4.78, 5) is 12.7. The van der Waals surface area contributed by atoms with Gasteiger partial charge in [0.15, 0.2) is 5.78 Å². The van der Waals surface area contributed by atoms with Crippen molar-refractivity contribution in [1.29, 1.82) is 0 Å². The molecule has 0 heterocycles. The first-order valence-electron chi connectivity index (χ1n) is 7.05. The van der Waals surface area contributed by atoms with Gasteiger partial charge >= 0.3 is 0 Å². The number of aryl methyl sites for hydroxylation is 2. The van der Waals surface area contributed by atoms with Gasteiger partial charge in [-0.05, 0) is 55.0 Å². The van der Waals surface area contributed by atoms with Crippen LogP contribution in [0.4, 0.5) is 4.39 Å². The fourth-order valence-corrected chi connectivity index (χ4v) is 3.03. The Morgan fingerprint density at radius 3 is 2.80 bits per heavy atom. The first-order chi connectivity index (χ1) is 9.66. The average Bonchev–Trinajstić information content (AvgIpc) is 2.46. The minimum absolute atomic E-state index is 0.0883. The van der Waals surface area contributed by atoms with Crippen LogP contribution in [-0.4, -0.2) is 5.78 Å². The Kier molecular flexibility index (Phi) is 3.39. The van der Waals surface area contributed by atoms with Gasteiger partial charge in [0.1, 0.15) is 5.82 Å². The Morgan fingerprint density at radius 2 is 2.00 bits per heavy atom. The van der Waals surface area contributed by atoms with Gasteiger partial charge in [0.25, 0.3) is 0 Å². The average molecular weight is 268 g/mol. The Morgan fingerprint density at radius 1 is 1.20 bits per heavy atom. The number of fused-ring (bicyclic) bond motifs is 1. The molecule has 3 rings (SSSR count). The van der Waals surface area contributed by atoms with E-state index in [1.165, 1.54) is 11.6 Å². The minimum atomic E-state index is -0.405. The maximum atomic E-state index is 14.0. The summed E-state index contributed by atoms with van der Waals surface area (Å²) in [5, 5.41) is 0. The molecule has 0 saturated carbocycles. The second-order valence-corrected chi connectivity index (χ2v) is 5.49. The summed E-state index contributed by atoms with van der Waals surface area (Å²) < 4.78 is 14.0. The van der Waals surface area contributed by atoms with Gasteiger partial charge in [0.05, 0.1) is 5.56 Å². The lowest BCUT2D eigenvalue weighted by atomic mass is 9.79. The van der Waals surface area contributed by atoms with Crippen molar-refractivity contribution in [1.82, 2.24) is 0 Å². The molecular weight excluding hydrogens is 251 g/mol. The Labute approximate surface area is 118 Å². The van der Waals surface area contributed by atoms with Crippen molar-refractivity contribution < 1.29 is 9.18 Å². The predicted octanol–water partition coefficient (Wildman–Crippen LogP) is 4.44. The van der Waals surface area contributed by atoms with Gasteiger partial charge in [-0.3, -0.25) is 4.79 Å². The zero-order chi connectivity index (χ0) is 14.1. The molecule has 1 aliphatic carbocycles. The number of Topliss-reactive ketones (excluding diaryl/α,β-unsaturated/α-hetero) is 1. The lowest BCUT2D eigenvalue weighted by Crippen LogP contribution is -2.19. The van der Waals surface area contributed by atoms with Crippen LogP contribution in [0.15, 0.2) is 42.5 Å². The van der Waals surface area contributed by atoms with Crippen LogP contribution in [0, 0.1) is 12.7 Å². The largest absolute Gasteiger partial charge is 0.293 e. The highest BCUT2D eigenvalue weighted by molar-refractivity contribution is 6.01. The highest BCUT2D eigenvalue weighted by Crippen LogP contribution is 2.34. The minimum Gasteiger partial charge on any atom is -0.293 e. The van der Waals surface area contributed by atoms with Crippen molar-refractivity contribution in [3.05, 3.63) is 70.5 Å². The molecule has 0 aromatic heterocycles. The number of carbonyl (C=O) groups is 1. The molecule has 1 atom stereocenters. The molecule has 0 fully saturated rings. The van der Waals surface area contributed by atoms with Gasteiger partial charge in [0.2, 0.25) is 0 Å². The molecule has 1 nitrogen and oxygen atoms in total. The normalized spacial score (nSPS) is 17.6.